The molecule has 3 amide bonds. The number of ether oxygens (including phenoxy) is 1. The van der Waals surface area contributed by atoms with Crippen LogP contribution in [-0.2, 0) is 16.0 Å². The smallest absolute Gasteiger partial charge is 0.272 e. The lowest BCUT2D eigenvalue weighted by Gasteiger charge is -2.21. The Bertz CT molecular complexity index is 1580. The number of hydrogen-bond donors (Lipinski definition) is 4. The largest absolute Gasteiger partial charge is 0.494 e. The van der Waals surface area contributed by atoms with E-state index in [1.807, 2.05) is 23.5 Å². The summed E-state index contributed by atoms with van der Waals surface area (Å²) in [6.45, 7) is 1.75. The molecule has 1 atom stereocenters. The van der Waals surface area contributed by atoms with Gasteiger partial charge in [0.2, 0.25) is 23.5 Å². The summed E-state index contributed by atoms with van der Waals surface area (Å²) < 4.78 is 11.2. The summed E-state index contributed by atoms with van der Waals surface area (Å²) in [6, 6.07) is 7.43. The number of nitrogens with zero attached hydrogens (tertiary/aromatic N) is 5. The fourth-order valence-corrected chi connectivity index (χ4v) is 5.36. The van der Waals surface area contributed by atoms with Crippen LogP contribution in [0.25, 0.3) is 11.4 Å². The highest BCUT2D eigenvalue weighted by atomic mass is 16.5. The number of anilines is 3. The van der Waals surface area contributed by atoms with Crippen LogP contribution in [0.5, 0.6) is 5.75 Å². The van der Waals surface area contributed by atoms with Crippen molar-refractivity contribution in [3.63, 3.8) is 0 Å². The summed E-state index contributed by atoms with van der Waals surface area (Å²) in [4.78, 5) is 44.9. The molecule has 2 aliphatic rings. The summed E-state index contributed by atoms with van der Waals surface area (Å²) in [7, 11) is 9.23. The second kappa shape index (κ2) is 14.4. The molecule has 5 rings (SSSR count). The number of benzene rings is 1. The molecule has 2 aromatic heterocycles. The molecule has 1 saturated carbocycles. The van der Waals surface area contributed by atoms with Gasteiger partial charge >= 0.3 is 0 Å². The molecule has 3 aromatic rings. The highest BCUT2D eigenvalue weighted by molar-refractivity contribution is 6.60. The number of amides is 3. The third-order valence-electron chi connectivity index (χ3n) is 7.93. The van der Waals surface area contributed by atoms with E-state index in [1.165, 1.54) is 20.0 Å². The molecule has 1 aliphatic carbocycles. The molecule has 0 spiro atoms. The van der Waals surface area contributed by atoms with E-state index >= 15 is 0 Å². The lowest BCUT2D eigenvalue weighted by molar-refractivity contribution is -0.121. The first-order chi connectivity index (χ1) is 22.0. The van der Waals surface area contributed by atoms with Crippen LogP contribution in [0.1, 0.15) is 54.9 Å². The Morgan fingerprint density at radius 2 is 1.93 bits per heavy atom. The molecule has 240 valence electrons. The van der Waals surface area contributed by atoms with Gasteiger partial charge in [0.25, 0.3) is 5.91 Å². The van der Waals surface area contributed by atoms with E-state index in [4.69, 9.17) is 9.26 Å². The number of aromatic nitrogens is 4. The van der Waals surface area contributed by atoms with Gasteiger partial charge in [0.1, 0.15) is 23.5 Å². The lowest BCUT2D eigenvalue weighted by atomic mass is 9.49. The summed E-state index contributed by atoms with van der Waals surface area (Å²) in [6.07, 6.45) is 5.51. The van der Waals surface area contributed by atoms with Gasteiger partial charge in [-0.3, -0.25) is 14.4 Å². The van der Waals surface area contributed by atoms with Crippen LogP contribution in [0.3, 0.4) is 0 Å². The molecule has 1 aliphatic heterocycles. The van der Waals surface area contributed by atoms with Crippen molar-refractivity contribution in [1.29, 1.82) is 0 Å². The standard InChI is InChI=1S/C29H40B3N9O5/c1-41-14-4-5-17(41)12-13-33-22(42)10-11-23-36-26(40-46-23)18-6-3-7-19(25(18)45-2)34-20-15-21(35-27(43)16-8-9-16)38-39-24(20)28(44)37-29(30,31)32/h3,6-7,15-17H,4-5,8-14,30-32H2,1-2H3,(H,33,42)(H,37,44)(H2,34,35,38,43). The summed E-state index contributed by atoms with van der Waals surface area (Å²) in [5.74, 6) is 0.579. The number of para-hydroxylation sites is 1. The number of rotatable bonds is 14. The van der Waals surface area contributed by atoms with Crippen molar-refractivity contribution in [3.05, 3.63) is 35.9 Å². The molecular formula is C29H40B3N9O5. The van der Waals surface area contributed by atoms with E-state index in [2.05, 4.69) is 53.6 Å². The monoisotopic (exact) mass is 627 g/mol. The topological polar surface area (TPSA) is 176 Å². The number of carbonyl (C=O) groups excluding carboxylic acids is 3. The zero-order chi connectivity index (χ0) is 32.8. The predicted molar refractivity (Wildman–Crippen MR) is 180 cm³/mol. The normalized spacial score (nSPS) is 16.5. The van der Waals surface area contributed by atoms with Crippen LogP contribution in [0.2, 0.25) is 0 Å². The second-order valence-corrected chi connectivity index (χ2v) is 12.9. The van der Waals surface area contributed by atoms with Crippen LogP contribution in [0, 0.1) is 5.92 Å². The zero-order valence-electron chi connectivity index (χ0n) is 27.1. The third kappa shape index (κ3) is 8.65. The first kappa shape index (κ1) is 33.0. The van der Waals surface area contributed by atoms with Crippen LogP contribution < -0.4 is 26.0 Å². The van der Waals surface area contributed by atoms with Gasteiger partial charge in [-0.1, -0.05) is 11.2 Å². The molecule has 0 radical (unpaired) electrons. The van der Waals surface area contributed by atoms with Crippen molar-refractivity contribution >= 4 is 58.5 Å². The lowest BCUT2D eigenvalue weighted by Crippen LogP contribution is -2.50. The van der Waals surface area contributed by atoms with Gasteiger partial charge in [-0.05, 0) is 63.1 Å². The Balaban J connectivity index is 1.29. The van der Waals surface area contributed by atoms with E-state index in [9.17, 15) is 14.4 Å². The van der Waals surface area contributed by atoms with Crippen molar-refractivity contribution in [2.24, 2.45) is 5.92 Å². The fraction of sp³-hybridized carbons (Fsp3) is 0.483. The first-order valence-corrected chi connectivity index (χ1v) is 15.8. The van der Waals surface area contributed by atoms with E-state index in [-0.39, 0.29) is 41.5 Å². The minimum absolute atomic E-state index is 0.0306. The zero-order valence-corrected chi connectivity index (χ0v) is 27.1. The van der Waals surface area contributed by atoms with Crippen molar-refractivity contribution in [2.45, 2.75) is 56.2 Å². The molecular weight excluding hydrogens is 587 g/mol. The number of aryl methyl sites for hydroxylation is 1. The van der Waals surface area contributed by atoms with E-state index in [0.29, 0.717) is 47.6 Å². The summed E-state index contributed by atoms with van der Waals surface area (Å²) in [5.41, 5.74) is 1.40. The fourth-order valence-electron chi connectivity index (χ4n) is 5.36. The minimum Gasteiger partial charge on any atom is -0.494 e. The van der Waals surface area contributed by atoms with Crippen molar-refractivity contribution in [2.75, 3.05) is 37.9 Å². The van der Waals surface area contributed by atoms with Gasteiger partial charge in [-0.15, -0.1) is 10.2 Å². The van der Waals surface area contributed by atoms with Crippen LogP contribution in [-0.4, -0.2) is 105 Å². The Labute approximate surface area is 270 Å². The minimum atomic E-state index is -0.518. The summed E-state index contributed by atoms with van der Waals surface area (Å²) >= 11 is 0. The number of nitrogens with one attached hydrogen (secondary N) is 4. The molecule has 1 aromatic carbocycles. The van der Waals surface area contributed by atoms with Gasteiger partial charge in [0, 0.05) is 37.4 Å². The van der Waals surface area contributed by atoms with Crippen LogP contribution >= 0.6 is 0 Å². The molecule has 4 N–H and O–H groups in total. The Morgan fingerprint density at radius 1 is 1.13 bits per heavy atom. The van der Waals surface area contributed by atoms with Crippen LogP contribution in [0.4, 0.5) is 17.2 Å². The molecule has 1 saturated heterocycles. The number of likely N-dealkylation sites (tertiary alicyclic amines) is 1. The van der Waals surface area contributed by atoms with Crippen molar-refractivity contribution in [1.82, 2.24) is 35.9 Å². The first-order valence-electron chi connectivity index (χ1n) is 15.8. The van der Waals surface area contributed by atoms with Crippen molar-refractivity contribution < 1.29 is 23.6 Å². The Morgan fingerprint density at radius 3 is 2.63 bits per heavy atom. The van der Waals surface area contributed by atoms with Gasteiger partial charge in [-0.25, -0.2) is 0 Å². The Kier molecular flexibility index (Phi) is 10.3. The quantitative estimate of drug-likeness (QED) is 0.168. The van der Waals surface area contributed by atoms with E-state index in [1.54, 1.807) is 24.3 Å². The number of methoxy groups -OCH3 is 1. The molecule has 2 fully saturated rings. The second-order valence-electron chi connectivity index (χ2n) is 12.9. The molecule has 46 heavy (non-hydrogen) atoms. The molecule has 14 nitrogen and oxygen atoms in total. The van der Waals surface area contributed by atoms with Crippen molar-refractivity contribution in [3.8, 4) is 17.1 Å². The van der Waals surface area contributed by atoms with Crippen LogP contribution in [0.15, 0.2) is 28.8 Å². The average Bonchev–Trinajstić information content (AvgIpc) is 3.62. The van der Waals surface area contributed by atoms with Gasteiger partial charge < -0.3 is 35.4 Å². The highest BCUT2D eigenvalue weighted by Gasteiger charge is 2.30. The maximum atomic E-state index is 13.2. The molecule has 17 heteroatoms. The predicted octanol–water partition coefficient (Wildman–Crippen LogP) is -0.599. The molecule has 1 unspecified atom stereocenters. The highest BCUT2D eigenvalue weighted by Crippen LogP contribution is 2.37. The maximum Gasteiger partial charge on any atom is 0.272 e. The Hall–Kier alpha value is -4.40. The molecule has 3 heterocycles. The SMILES string of the molecule is BC(B)(B)NC(=O)c1nnc(NC(=O)C2CC2)cc1Nc1cccc(-c2noc(CCC(=O)NCCC3CCCN3C)n2)c1OC. The molecule has 0 bridgehead atoms. The van der Waals surface area contributed by atoms with Gasteiger partial charge in [-0.2, -0.15) is 4.98 Å². The third-order valence-corrected chi connectivity index (χ3v) is 7.93. The van der Waals surface area contributed by atoms with Gasteiger partial charge in [0.05, 0.1) is 24.0 Å². The summed E-state index contributed by atoms with van der Waals surface area (Å²) in [5, 5.41) is 23.8. The van der Waals surface area contributed by atoms with Gasteiger partial charge in [0.15, 0.2) is 17.3 Å². The van der Waals surface area contributed by atoms with E-state index in [0.717, 1.165) is 25.8 Å². The average molecular weight is 627 g/mol. The number of hydrogen-bond acceptors (Lipinski definition) is 11. The van der Waals surface area contributed by atoms with E-state index < -0.39 is 11.1 Å². The number of carbonyl (C=O) groups is 3. The maximum absolute atomic E-state index is 13.2.